The number of carboxylic acid groups (broad SMARTS) is 1. The Balaban J connectivity index is 3.00. The fraction of sp³-hybridized carbons (Fsp3) is 0.528. The zero-order valence-electron chi connectivity index (χ0n) is 34.3. The van der Waals surface area contributed by atoms with Crippen molar-refractivity contribution in [2.75, 3.05) is 19.6 Å². The van der Waals surface area contributed by atoms with Gasteiger partial charge >= 0.3 is 5.97 Å². The van der Waals surface area contributed by atoms with Gasteiger partial charge in [0.1, 0.15) is 42.3 Å². The van der Waals surface area contributed by atoms with E-state index in [0.717, 1.165) is 0 Å². The van der Waals surface area contributed by atoms with Crippen molar-refractivity contribution in [1.82, 2.24) is 37.2 Å². The summed E-state index contributed by atoms with van der Waals surface area (Å²) in [7, 11) is 0. The van der Waals surface area contributed by atoms with E-state index in [-0.39, 0.29) is 57.1 Å². The smallest absolute Gasteiger partial charge is 0.326 e. The van der Waals surface area contributed by atoms with Crippen LogP contribution in [0.15, 0.2) is 40.3 Å². The number of rotatable bonds is 27. The van der Waals surface area contributed by atoms with Gasteiger partial charge in [-0.1, -0.05) is 30.3 Å². The lowest BCUT2D eigenvalue weighted by molar-refractivity contribution is -0.142. The van der Waals surface area contributed by atoms with Crippen molar-refractivity contribution in [2.45, 2.75) is 102 Å². The van der Waals surface area contributed by atoms with Crippen LogP contribution in [0, 0.1) is 0 Å². The SMILES string of the molecule is CC(NC(=O)C(C)NC(=O)C(Cc1ccccc1)NC(=O)C(CC(N)=O)NC(=O)CN)C(=O)NC(C)C(=O)NC(CCCN=C(N)N)C(=O)NC(CCCN=C(N)N)C(=O)O. The molecule has 0 spiro atoms. The standard InChI is InChI=1S/C36H59N15O10/c1-18(28(54)46-20(3)30(56)49-22(11-7-13-43-35(39)40)31(57)50-23(34(60)61)12-8-14-44-36(41)42)45-29(55)19(2)47-32(58)24(15-21-9-5-4-6-10-21)51-33(59)25(16-26(38)52)48-27(53)17-37/h4-6,9-10,18-20,22-25H,7-8,11-17,37H2,1-3H3,(H2,38,52)(H,45,55)(H,46,54)(H,47,58)(H,48,53)(H,49,56)(H,50,57)(H,51,59)(H,60,61)(H4,39,40,43)(H4,41,42,44). The van der Waals surface area contributed by atoms with Gasteiger partial charge in [-0.25, -0.2) is 4.79 Å². The molecule has 1 aromatic rings. The first-order valence-electron chi connectivity index (χ1n) is 19.1. The molecule has 7 unspecified atom stereocenters. The summed E-state index contributed by atoms with van der Waals surface area (Å²) in [6.45, 7) is 3.62. The maximum atomic E-state index is 13.5. The normalized spacial score (nSPS) is 14.0. The predicted octanol–water partition coefficient (Wildman–Crippen LogP) is -6.29. The van der Waals surface area contributed by atoms with E-state index >= 15 is 0 Å². The minimum absolute atomic E-state index is 0.0277. The van der Waals surface area contributed by atoms with E-state index in [4.69, 9.17) is 34.4 Å². The van der Waals surface area contributed by atoms with E-state index in [2.05, 4.69) is 47.2 Å². The highest BCUT2D eigenvalue weighted by Gasteiger charge is 2.32. The lowest BCUT2D eigenvalue weighted by Crippen LogP contribution is -2.59. The number of nitrogens with one attached hydrogen (secondary N) is 7. The molecule has 0 radical (unpaired) electrons. The van der Waals surface area contributed by atoms with Gasteiger partial charge < -0.3 is 76.7 Å². The molecule has 0 saturated heterocycles. The quantitative estimate of drug-likeness (QED) is 0.0222. The number of carboxylic acids is 1. The maximum absolute atomic E-state index is 13.5. The Labute approximate surface area is 351 Å². The molecule has 0 bridgehead atoms. The third kappa shape index (κ3) is 21.0. The van der Waals surface area contributed by atoms with Gasteiger partial charge in [0.15, 0.2) is 11.9 Å². The van der Waals surface area contributed by atoms with Crippen molar-refractivity contribution < 1.29 is 48.3 Å². The molecule has 20 N–H and O–H groups in total. The molecular weight excluding hydrogens is 802 g/mol. The molecular formula is C36H59N15O10. The zero-order chi connectivity index (χ0) is 46.2. The van der Waals surface area contributed by atoms with Crippen LogP contribution in [0.25, 0.3) is 0 Å². The number of nitrogens with zero attached hydrogens (tertiary/aromatic N) is 2. The molecule has 8 amide bonds. The van der Waals surface area contributed by atoms with E-state index in [1.807, 2.05) is 0 Å². The summed E-state index contributed by atoms with van der Waals surface area (Å²) in [6, 6.07) is -0.741. The first-order valence-corrected chi connectivity index (χ1v) is 19.1. The van der Waals surface area contributed by atoms with Crippen molar-refractivity contribution in [3.63, 3.8) is 0 Å². The van der Waals surface area contributed by atoms with Gasteiger partial charge in [-0.15, -0.1) is 0 Å². The Morgan fingerprint density at radius 3 is 1.43 bits per heavy atom. The zero-order valence-corrected chi connectivity index (χ0v) is 34.3. The van der Waals surface area contributed by atoms with Crippen LogP contribution < -0.4 is 71.6 Å². The number of hydrogen-bond acceptors (Lipinski definition) is 12. The largest absolute Gasteiger partial charge is 0.480 e. The summed E-state index contributed by atoms with van der Waals surface area (Å²) in [6.07, 6.45) is -0.321. The molecule has 61 heavy (non-hydrogen) atoms. The van der Waals surface area contributed by atoms with Gasteiger partial charge in [-0.2, -0.15) is 0 Å². The van der Waals surface area contributed by atoms with Crippen molar-refractivity contribution in [1.29, 1.82) is 0 Å². The van der Waals surface area contributed by atoms with Crippen molar-refractivity contribution in [3.05, 3.63) is 35.9 Å². The Morgan fingerprint density at radius 1 is 0.557 bits per heavy atom. The summed E-state index contributed by atoms with van der Waals surface area (Å²) >= 11 is 0. The Kier molecular flexibility index (Phi) is 22.9. The number of carbonyl (C=O) groups is 9. The molecule has 0 fully saturated rings. The molecule has 1 rings (SSSR count). The molecule has 7 atom stereocenters. The number of benzene rings is 1. The molecule has 338 valence electrons. The Bertz CT molecular complexity index is 1750. The van der Waals surface area contributed by atoms with Gasteiger partial charge in [0.2, 0.25) is 47.3 Å². The van der Waals surface area contributed by atoms with Gasteiger partial charge in [0.25, 0.3) is 0 Å². The summed E-state index contributed by atoms with van der Waals surface area (Å²) < 4.78 is 0. The Hall–Kier alpha value is -7.05. The van der Waals surface area contributed by atoms with Crippen LogP contribution in [0.5, 0.6) is 0 Å². The summed E-state index contributed by atoms with van der Waals surface area (Å²) in [5, 5.41) is 26.6. The third-order valence-electron chi connectivity index (χ3n) is 8.55. The molecule has 0 heterocycles. The van der Waals surface area contributed by atoms with Crippen LogP contribution in [0.1, 0.15) is 58.4 Å². The van der Waals surface area contributed by atoms with E-state index in [1.165, 1.54) is 20.8 Å². The average Bonchev–Trinajstić information content (AvgIpc) is 3.18. The van der Waals surface area contributed by atoms with E-state index < -0.39 is 108 Å². The fourth-order valence-corrected chi connectivity index (χ4v) is 5.28. The van der Waals surface area contributed by atoms with Gasteiger partial charge in [-0.3, -0.25) is 48.3 Å². The van der Waals surface area contributed by atoms with Crippen molar-refractivity contribution in [3.8, 4) is 0 Å². The molecule has 0 aliphatic heterocycles. The first-order chi connectivity index (χ1) is 28.6. The lowest BCUT2D eigenvalue weighted by Gasteiger charge is -2.25. The van der Waals surface area contributed by atoms with Crippen LogP contribution >= 0.6 is 0 Å². The highest BCUT2D eigenvalue weighted by molar-refractivity contribution is 5.98. The molecule has 0 aliphatic carbocycles. The third-order valence-corrected chi connectivity index (χ3v) is 8.55. The monoisotopic (exact) mass is 861 g/mol. The Morgan fingerprint density at radius 2 is 0.967 bits per heavy atom. The van der Waals surface area contributed by atoms with E-state index in [1.54, 1.807) is 30.3 Å². The molecule has 1 aromatic carbocycles. The fourth-order valence-electron chi connectivity index (χ4n) is 5.28. The second-order valence-corrected chi connectivity index (χ2v) is 13.8. The molecule has 25 nitrogen and oxygen atoms in total. The number of aliphatic imine (C=N–C) groups is 2. The lowest BCUT2D eigenvalue weighted by atomic mass is 10.0. The van der Waals surface area contributed by atoms with E-state index in [0.29, 0.717) is 5.56 Å². The van der Waals surface area contributed by atoms with E-state index in [9.17, 15) is 48.3 Å². The average molecular weight is 862 g/mol. The molecule has 0 aromatic heterocycles. The summed E-state index contributed by atoms with van der Waals surface area (Å²) in [5.74, 6) is -8.48. The van der Waals surface area contributed by atoms with Crippen molar-refractivity contribution >= 4 is 65.1 Å². The van der Waals surface area contributed by atoms with Gasteiger partial charge in [-0.05, 0) is 52.0 Å². The summed E-state index contributed by atoms with van der Waals surface area (Å²) in [4.78, 5) is 122. The number of nitrogens with two attached hydrogens (primary N) is 6. The maximum Gasteiger partial charge on any atom is 0.326 e. The number of amides is 8. The van der Waals surface area contributed by atoms with Crippen LogP contribution in [0.2, 0.25) is 0 Å². The molecule has 0 aliphatic rings. The van der Waals surface area contributed by atoms with Crippen molar-refractivity contribution in [2.24, 2.45) is 44.4 Å². The summed E-state index contributed by atoms with van der Waals surface area (Å²) in [5.41, 5.74) is 32.5. The van der Waals surface area contributed by atoms with Gasteiger partial charge in [0, 0.05) is 19.5 Å². The molecule has 0 saturated carbocycles. The molecule has 25 heteroatoms. The van der Waals surface area contributed by atoms with Gasteiger partial charge in [0.05, 0.1) is 13.0 Å². The highest BCUT2D eigenvalue weighted by atomic mass is 16.4. The number of guanidine groups is 2. The number of carbonyl (C=O) groups excluding carboxylic acids is 8. The second kappa shape index (κ2) is 26.9. The van der Waals surface area contributed by atoms with Crippen LogP contribution in [0.4, 0.5) is 0 Å². The minimum Gasteiger partial charge on any atom is -0.480 e. The predicted molar refractivity (Wildman–Crippen MR) is 221 cm³/mol. The van der Waals surface area contributed by atoms with Crippen LogP contribution in [-0.4, -0.2) is 132 Å². The first kappa shape index (κ1) is 52.0. The number of hydrogen-bond donors (Lipinski definition) is 14. The number of aliphatic carboxylic acids is 1. The topological polar surface area (TPSA) is 439 Å². The number of primary amides is 1. The van der Waals surface area contributed by atoms with Crippen LogP contribution in [-0.2, 0) is 49.6 Å². The second-order valence-electron chi connectivity index (χ2n) is 13.8. The van der Waals surface area contributed by atoms with Crippen LogP contribution in [0.3, 0.4) is 0 Å². The highest BCUT2D eigenvalue weighted by Crippen LogP contribution is 2.07. The minimum atomic E-state index is -1.45.